The normalized spacial score (nSPS) is 28.2. The van der Waals surface area contributed by atoms with Crippen LogP contribution in [0.5, 0.6) is 0 Å². The van der Waals surface area contributed by atoms with Crippen LogP contribution < -0.4 is 0 Å². The van der Waals surface area contributed by atoms with Gasteiger partial charge >= 0.3 is 5.97 Å². The average molecular weight is 210 g/mol. The van der Waals surface area contributed by atoms with Gasteiger partial charge in [0.15, 0.2) is 0 Å². The van der Waals surface area contributed by atoms with E-state index in [0.717, 1.165) is 5.92 Å². The lowest BCUT2D eigenvalue weighted by atomic mass is 9.80. The first-order valence-electron chi connectivity index (χ1n) is 5.87. The Morgan fingerprint density at radius 2 is 2.13 bits per heavy atom. The van der Waals surface area contributed by atoms with Crippen molar-refractivity contribution >= 4 is 5.97 Å². The van der Waals surface area contributed by atoms with Gasteiger partial charge in [-0.1, -0.05) is 26.3 Å². The van der Waals surface area contributed by atoms with Crippen LogP contribution in [-0.4, -0.2) is 12.1 Å². The van der Waals surface area contributed by atoms with Gasteiger partial charge in [-0.2, -0.15) is 0 Å². The summed E-state index contributed by atoms with van der Waals surface area (Å²) in [6.07, 6.45) is 5.00. The summed E-state index contributed by atoms with van der Waals surface area (Å²) in [6.45, 7) is 9.57. The SMILES string of the molecule is C=C(C)C(=O)OC(C)C1CCCC(C)C1. The minimum atomic E-state index is -0.249. The zero-order chi connectivity index (χ0) is 11.4. The molecule has 0 spiro atoms. The van der Waals surface area contributed by atoms with Gasteiger partial charge in [0.05, 0.1) is 0 Å². The molecule has 1 aliphatic carbocycles. The van der Waals surface area contributed by atoms with Crippen LogP contribution in [0.3, 0.4) is 0 Å². The molecule has 3 atom stereocenters. The third kappa shape index (κ3) is 3.69. The molecule has 0 N–H and O–H groups in total. The van der Waals surface area contributed by atoms with Crippen molar-refractivity contribution in [2.75, 3.05) is 0 Å². The minimum Gasteiger partial charge on any atom is -0.459 e. The summed E-state index contributed by atoms with van der Waals surface area (Å²) in [4.78, 5) is 11.4. The Morgan fingerprint density at radius 3 is 2.67 bits per heavy atom. The number of carbonyl (C=O) groups excluding carboxylic acids is 1. The standard InChI is InChI=1S/C13H22O2/c1-9(2)13(14)15-11(4)12-7-5-6-10(3)8-12/h10-12H,1,5-8H2,2-4H3. The van der Waals surface area contributed by atoms with Gasteiger partial charge in [0, 0.05) is 5.57 Å². The van der Waals surface area contributed by atoms with E-state index in [1.54, 1.807) is 6.92 Å². The fraction of sp³-hybridized carbons (Fsp3) is 0.769. The van der Waals surface area contributed by atoms with Gasteiger partial charge in [0.2, 0.25) is 0 Å². The molecule has 1 rings (SSSR count). The van der Waals surface area contributed by atoms with E-state index in [1.165, 1.54) is 25.7 Å². The number of hydrogen-bond donors (Lipinski definition) is 0. The molecule has 86 valence electrons. The number of rotatable bonds is 3. The summed E-state index contributed by atoms with van der Waals surface area (Å²) >= 11 is 0. The molecule has 15 heavy (non-hydrogen) atoms. The Kier molecular flexibility index (Phi) is 4.37. The highest BCUT2D eigenvalue weighted by atomic mass is 16.5. The molecule has 0 aromatic heterocycles. The molecule has 0 amide bonds. The van der Waals surface area contributed by atoms with Gasteiger partial charge < -0.3 is 4.74 Å². The lowest BCUT2D eigenvalue weighted by molar-refractivity contribution is -0.146. The first-order valence-corrected chi connectivity index (χ1v) is 5.87. The molecule has 0 bridgehead atoms. The van der Waals surface area contributed by atoms with Crippen LogP contribution in [0.15, 0.2) is 12.2 Å². The van der Waals surface area contributed by atoms with Crippen molar-refractivity contribution in [1.82, 2.24) is 0 Å². The van der Waals surface area contributed by atoms with E-state index in [1.807, 2.05) is 6.92 Å². The molecule has 1 aliphatic rings. The third-order valence-electron chi connectivity index (χ3n) is 3.28. The topological polar surface area (TPSA) is 26.3 Å². The number of esters is 1. The highest BCUT2D eigenvalue weighted by Crippen LogP contribution is 2.31. The third-order valence-corrected chi connectivity index (χ3v) is 3.28. The Balaban J connectivity index is 2.42. The Bertz CT molecular complexity index is 245. The van der Waals surface area contributed by atoms with Gasteiger partial charge in [0.1, 0.15) is 6.10 Å². The van der Waals surface area contributed by atoms with Crippen LogP contribution >= 0.6 is 0 Å². The van der Waals surface area contributed by atoms with Gasteiger partial charge in [-0.25, -0.2) is 4.79 Å². The van der Waals surface area contributed by atoms with Crippen molar-refractivity contribution in [3.63, 3.8) is 0 Å². The number of carbonyl (C=O) groups is 1. The smallest absolute Gasteiger partial charge is 0.333 e. The highest BCUT2D eigenvalue weighted by molar-refractivity contribution is 5.87. The zero-order valence-corrected chi connectivity index (χ0v) is 10.1. The molecule has 0 saturated heterocycles. The molecule has 0 heterocycles. The summed E-state index contributed by atoms with van der Waals surface area (Å²) < 4.78 is 5.36. The molecule has 1 saturated carbocycles. The van der Waals surface area contributed by atoms with Crippen LogP contribution in [-0.2, 0) is 9.53 Å². The van der Waals surface area contributed by atoms with Crippen molar-refractivity contribution in [1.29, 1.82) is 0 Å². The second-order valence-electron chi connectivity index (χ2n) is 4.92. The molecule has 3 unspecified atom stereocenters. The molecular weight excluding hydrogens is 188 g/mol. The van der Waals surface area contributed by atoms with E-state index in [2.05, 4.69) is 13.5 Å². The molecule has 0 aromatic carbocycles. The molecular formula is C13H22O2. The monoisotopic (exact) mass is 210 g/mol. The fourth-order valence-corrected chi connectivity index (χ4v) is 2.27. The largest absolute Gasteiger partial charge is 0.459 e. The molecule has 0 aliphatic heterocycles. The van der Waals surface area contributed by atoms with Crippen LogP contribution in [0.4, 0.5) is 0 Å². The lowest BCUT2D eigenvalue weighted by Gasteiger charge is -2.30. The molecule has 2 heteroatoms. The fourth-order valence-electron chi connectivity index (χ4n) is 2.27. The Morgan fingerprint density at radius 1 is 1.47 bits per heavy atom. The van der Waals surface area contributed by atoms with Gasteiger partial charge in [0.25, 0.3) is 0 Å². The van der Waals surface area contributed by atoms with E-state index >= 15 is 0 Å². The summed E-state index contributed by atoms with van der Waals surface area (Å²) in [5.41, 5.74) is 0.491. The molecule has 1 fully saturated rings. The number of ether oxygens (including phenoxy) is 1. The van der Waals surface area contributed by atoms with Crippen molar-refractivity contribution in [2.24, 2.45) is 11.8 Å². The van der Waals surface area contributed by atoms with Crippen LogP contribution in [0.1, 0.15) is 46.5 Å². The van der Waals surface area contributed by atoms with E-state index in [0.29, 0.717) is 11.5 Å². The molecule has 2 nitrogen and oxygen atoms in total. The summed E-state index contributed by atoms with van der Waals surface area (Å²) in [6, 6.07) is 0. The maximum Gasteiger partial charge on any atom is 0.333 e. The van der Waals surface area contributed by atoms with E-state index in [9.17, 15) is 4.79 Å². The summed E-state index contributed by atoms with van der Waals surface area (Å²) in [5.74, 6) is 1.06. The Hall–Kier alpha value is -0.790. The van der Waals surface area contributed by atoms with Crippen molar-refractivity contribution in [3.8, 4) is 0 Å². The molecule has 0 aromatic rings. The maximum atomic E-state index is 11.4. The summed E-state index contributed by atoms with van der Waals surface area (Å²) in [5, 5.41) is 0. The van der Waals surface area contributed by atoms with Crippen LogP contribution in [0.2, 0.25) is 0 Å². The highest BCUT2D eigenvalue weighted by Gasteiger charge is 2.26. The second kappa shape index (κ2) is 5.34. The maximum absolute atomic E-state index is 11.4. The number of hydrogen-bond acceptors (Lipinski definition) is 2. The van der Waals surface area contributed by atoms with E-state index in [-0.39, 0.29) is 12.1 Å². The minimum absolute atomic E-state index is 0.0388. The summed E-state index contributed by atoms with van der Waals surface area (Å²) in [7, 11) is 0. The van der Waals surface area contributed by atoms with Crippen LogP contribution in [0.25, 0.3) is 0 Å². The van der Waals surface area contributed by atoms with E-state index < -0.39 is 0 Å². The predicted molar refractivity (Wildman–Crippen MR) is 61.5 cm³/mol. The average Bonchev–Trinajstić information content (AvgIpc) is 2.17. The van der Waals surface area contributed by atoms with Gasteiger partial charge in [-0.15, -0.1) is 0 Å². The Labute approximate surface area is 92.7 Å². The van der Waals surface area contributed by atoms with Crippen molar-refractivity contribution in [2.45, 2.75) is 52.6 Å². The zero-order valence-electron chi connectivity index (χ0n) is 10.1. The first kappa shape index (κ1) is 12.3. The van der Waals surface area contributed by atoms with Crippen molar-refractivity contribution in [3.05, 3.63) is 12.2 Å². The quantitative estimate of drug-likeness (QED) is 0.527. The first-order chi connectivity index (χ1) is 7.00. The van der Waals surface area contributed by atoms with Gasteiger partial charge in [-0.3, -0.25) is 0 Å². The molecule has 0 radical (unpaired) electrons. The van der Waals surface area contributed by atoms with E-state index in [4.69, 9.17) is 4.74 Å². The van der Waals surface area contributed by atoms with Crippen molar-refractivity contribution < 1.29 is 9.53 Å². The lowest BCUT2D eigenvalue weighted by Crippen LogP contribution is -2.28. The van der Waals surface area contributed by atoms with Gasteiger partial charge in [-0.05, 0) is 38.5 Å². The predicted octanol–water partition coefficient (Wildman–Crippen LogP) is 3.32. The second-order valence-corrected chi connectivity index (χ2v) is 4.92. The van der Waals surface area contributed by atoms with Crippen LogP contribution in [0, 0.1) is 11.8 Å².